The molecule has 0 aliphatic rings. The maximum Gasteiger partial charge on any atom is 0.222 e. The predicted octanol–water partition coefficient (Wildman–Crippen LogP) is 2.05. The third-order valence-electron chi connectivity index (χ3n) is 1.25. The Morgan fingerprint density at radius 1 is 1.69 bits per heavy atom. The highest BCUT2D eigenvalue weighted by molar-refractivity contribution is 8.01. The molecule has 1 aromatic heterocycles. The van der Waals surface area contributed by atoms with Gasteiger partial charge in [-0.3, -0.25) is 0 Å². The van der Waals surface area contributed by atoms with Crippen LogP contribution in [0, 0.1) is 0 Å². The summed E-state index contributed by atoms with van der Waals surface area (Å²) in [6, 6.07) is 1.85. The Balaban J connectivity index is 2.41. The summed E-state index contributed by atoms with van der Waals surface area (Å²) in [5, 5.41) is 5.17. The van der Waals surface area contributed by atoms with Crippen LogP contribution in [0.5, 0.6) is 0 Å². The van der Waals surface area contributed by atoms with Crippen molar-refractivity contribution in [2.45, 2.75) is 5.75 Å². The molecular formula is C8H10ClN3S. The molecule has 0 aliphatic carbocycles. The van der Waals surface area contributed by atoms with Crippen molar-refractivity contribution in [1.82, 2.24) is 15.3 Å². The van der Waals surface area contributed by atoms with E-state index in [-0.39, 0.29) is 0 Å². The highest BCUT2D eigenvalue weighted by atomic mass is 35.5. The maximum atomic E-state index is 5.62. The number of halogens is 1. The van der Waals surface area contributed by atoms with Gasteiger partial charge in [-0.05, 0) is 23.1 Å². The molecule has 0 unspecified atom stereocenters. The van der Waals surface area contributed by atoms with E-state index in [1.807, 2.05) is 24.7 Å². The standard InChI is InChI=1S/C8H10ClN3S/c1-10-4-5-13-6-7-2-3-11-8(9)12-7/h2-5,10H,6H2,1H3/b5-4-. The van der Waals surface area contributed by atoms with Crippen LogP contribution in [0.4, 0.5) is 0 Å². The van der Waals surface area contributed by atoms with Crippen LogP contribution in [-0.4, -0.2) is 17.0 Å². The molecule has 1 rings (SSSR count). The van der Waals surface area contributed by atoms with Crippen LogP contribution in [0.3, 0.4) is 0 Å². The molecule has 3 nitrogen and oxygen atoms in total. The summed E-state index contributed by atoms with van der Waals surface area (Å²) in [5.41, 5.74) is 0.936. The first kappa shape index (κ1) is 10.3. The van der Waals surface area contributed by atoms with Crippen molar-refractivity contribution in [2.75, 3.05) is 7.05 Å². The van der Waals surface area contributed by atoms with Crippen LogP contribution in [0.25, 0.3) is 0 Å². The second-order valence-electron chi connectivity index (χ2n) is 2.22. The molecule has 0 radical (unpaired) electrons. The van der Waals surface area contributed by atoms with E-state index in [0.717, 1.165) is 11.4 Å². The molecule has 0 amide bonds. The molecule has 1 aromatic rings. The van der Waals surface area contributed by atoms with Crippen molar-refractivity contribution >= 4 is 23.4 Å². The number of nitrogens with one attached hydrogen (secondary N) is 1. The fourth-order valence-corrected chi connectivity index (χ4v) is 1.52. The summed E-state index contributed by atoms with van der Waals surface area (Å²) >= 11 is 7.27. The fraction of sp³-hybridized carbons (Fsp3) is 0.250. The lowest BCUT2D eigenvalue weighted by Crippen LogP contribution is -1.91. The molecule has 1 N–H and O–H groups in total. The first-order chi connectivity index (χ1) is 6.33. The van der Waals surface area contributed by atoms with Gasteiger partial charge in [0.2, 0.25) is 5.28 Å². The molecule has 0 aromatic carbocycles. The zero-order valence-corrected chi connectivity index (χ0v) is 8.77. The average molecular weight is 216 g/mol. The molecule has 1 heterocycles. The van der Waals surface area contributed by atoms with Gasteiger partial charge in [-0.15, -0.1) is 11.8 Å². The van der Waals surface area contributed by atoms with Gasteiger partial charge in [0, 0.05) is 25.2 Å². The fourth-order valence-electron chi connectivity index (χ4n) is 0.699. The van der Waals surface area contributed by atoms with E-state index in [9.17, 15) is 0 Å². The lowest BCUT2D eigenvalue weighted by molar-refractivity contribution is 1.09. The topological polar surface area (TPSA) is 37.8 Å². The van der Waals surface area contributed by atoms with Gasteiger partial charge in [0.1, 0.15) is 0 Å². The van der Waals surface area contributed by atoms with Gasteiger partial charge in [-0.25, -0.2) is 9.97 Å². The SMILES string of the molecule is CN/C=C\SCc1ccnc(Cl)n1. The zero-order valence-electron chi connectivity index (χ0n) is 7.20. The van der Waals surface area contributed by atoms with E-state index in [4.69, 9.17) is 11.6 Å². The van der Waals surface area contributed by atoms with Gasteiger partial charge in [-0.1, -0.05) is 0 Å². The molecule has 70 valence electrons. The maximum absolute atomic E-state index is 5.62. The highest BCUT2D eigenvalue weighted by Gasteiger charge is 1.94. The van der Waals surface area contributed by atoms with Crippen molar-refractivity contribution in [3.05, 3.63) is 34.8 Å². The Kier molecular flexibility index (Phi) is 4.64. The van der Waals surface area contributed by atoms with Crippen LogP contribution in [-0.2, 0) is 5.75 Å². The second-order valence-corrected chi connectivity index (χ2v) is 3.45. The molecule has 5 heteroatoms. The van der Waals surface area contributed by atoms with Gasteiger partial charge in [0.05, 0.1) is 5.69 Å². The van der Waals surface area contributed by atoms with Gasteiger partial charge < -0.3 is 5.32 Å². The highest BCUT2D eigenvalue weighted by Crippen LogP contribution is 2.11. The Bertz CT molecular complexity index is 290. The van der Waals surface area contributed by atoms with Gasteiger partial charge in [-0.2, -0.15) is 0 Å². The third kappa shape index (κ3) is 4.15. The van der Waals surface area contributed by atoms with Crippen molar-refractivity contribution in [2.24, 2.45) is 0 Å². The van der Waals surface area contributed by atoms with Crippen LogP contribution < -0.4 is 5.32 Å². The number of hydrogen-bond donors (Lipinski definition) is 1. The molecule has 0 fully saturated rings. The van der Waals surface area contributed by atoms with Crippen molar-refractivity contribution in [3.8, 4) is 0 Å². The Morgan fingerprint density at radius 3 is 3.23 bits per heavy atom. The van der Waals surface area contributed by atoms with Crippen molar-refractivity contribution in [1.29, 1.82) is 0 Å². The Morgan fingerprint density at radius 2 is 2.54 bits per heavy atom. The monoisotopic (exact) mass is 215 g/mol. The minimum Gasteiger partial charge on any atom is -0.394 e. The number of thioether (sulfide) groups is 1. The van der Waals surface area contributed by atoms with E-state index in [1.165, 1.54) is 0 Å². The summed E-state index contributed by atoms with van der Waals surface area (Å²) in [4.78, 5) is 7.85. The van der Waals surface area contributed by atoms with Crippen molar-refractivity contribution in [3.63, 3.8) is 0 Å². The second kappa shape index (κ2) is 5.83. The van der Waals surface area contributed by atoms with Crippen LogP contribution in [0.1, 0.15) is 5.69 Å². The molecule has 0 saturated heterocycles. The van der Waals surface area contributed by atoms with Crippen LogP contribution in [0.2, 0.25) is 5.28 Å². The van der Waals surface area contributed by atoms with E-state index in [1.54, 1.807) is 18.0 Å². The number of nitrogens with zero attached hydrogens (tertiary/aromatic N) is 2. The molecule has 0 atom stereocenters. The molecular weight excluding hydrogens is 206 g/mol. The number of hydrogen-bond acceptors (Lipinski definition) is 4. The smallest absolute Gasteiger partial charge is 0.222 e. The summed E-state index contributed by atoms with van der Waals surface area (Å²) in [6.07, 6.45) is 3.53. The van der Waals surface area contributed by atoms with E-state index in [0.29, 0.717) is 5.28 Å². The normalized spacial score (nSPS) is 10.6. The van der Waals surface area contributed by atoms with Crippen molar-refractivity contribution < 1.29 is 0 Å². The first-order valence-corrected chi connectivity index (χ1v) is 5.17. The van der Waals surface area contributed by atoms with E-state index < -0.39 is 0 Å². The number of rotatable bonds is 4. The van der Waals surface area contributed by atoms with Gasteiger partial charge in [0.25, 0.3) is 0 Å². The first-order valence-electron chi connectivity index (χ1n) is 3.74. The van der Waals surface area contributed by atoms with E-state index >= 15 is 0 Å². The lowest BCUT2D eigenvalue weighted by Gasteiger charge is -1.96. The minimum atomic E-state index is 0.302. The molecule has 0 aliphatic heterocycles. The molecule has 0 bridgehead atoms. The molecule has 0 spiro atoms. The van der Waals surface area contributed by atoms with Gasteiger partial charge in [0.15, 0.2) is 0 Å². The Hall–Kier alpha value is -0.740. The van der Waals surface area contributed by atoms with Crippen LogP contribution >= 0.6 is 23.4 Å². The van der Waals surface area contributed by atoms with Gasteiger partial charge >= 0.3 is 0 Å². The van der Waals surface area contributed by atoms with Crippen LogP contribution in [0.15, 0.2) is 23.9 Å². The summed E-state index contributed by atoms with van der Waals surface area (Å²) < 4.78 is 0. The predicted molar refractivity (Wildman–Crippen MR) is 56.5 cm³/mol. The largest absolute Gasteiger partial charge is 0.394 e. The summed E-state index contributed by atoms with van der Waals surface area (Å²) in [5.74, 6) is 0.806. The molecule has 13 heavy (non-hydrogen) atoms. The minimum absolute atomic E-state index is 0.302. The Labute approximate surface area is 86.6 Å². The average Bonchev–Trinajstić information content (AvgIpc) is 2.13. The quantitative estimate of drug-likeness (QED) is 0.781. The summed E-state index contributed by atoms with van der Waals surface area (Å²) in [6.45, 7) is 0. The summed E-state index contributed by atoms with van der Waals surface area (Å²) in [7, 11) is 1.86. The molecule has 0 saturated carbocycles. The van der Waals surface area contributed by atoms with E-state index in [2.05, 4.69) is 15.3 Å². The third-order valence-corrected chi connectivity index (χ3v) is 2.22. The number of aromatic nitrogens is 2. The lowest BCUT2D eigenvalue weighted by atomic mass is 10.5. The zero-order chi connectivity index (χ0) is 9.52.